The fraction of sp³-hybridized carbons (Fsp3) is 0. The first-order valence-electron chi connectivity index (χ1n) is 12.5. The van der Waals surface area contributed by atoms with Gasteiger partial charge >= 0.3 is 0 Å². The summed E-state index contributed by atoms with van der Waals surface area (Å²) in [6.45, 7) is 0. The Kier molecular flexibility index (Phi) is 4.50. The van der Waals surface area contributed by atoms with Crippen LogP contribution in [0.5, 0.6) is 0 Å². The summed E-state index contributed by atoms with van der Waals surface area (Å²) in [5, 5.41) is 11.5. The van der Waals surface area contributed by atoms with Crippen molar-refractivity contribution in [1.29, 1.82) is 0 Å². The zero-order valence-corrected chi connectivity index (χ0v) is 19.4. The van der Waals surface area contributed by atoms with Crippen LogP contribution in [0.1, 0.15) is 1.37 Å². The van der Waals surface area contributed by atoms with Gasteiger partial charge < -0.3 is 4.57 Å². The third kappa shape index (κ3) is 3.23. The minimum atomic E-state index is 0.424. The molecule has 4 heteroatoms. The van der Waals surface area contributed by atoms with Gasteiger partial charge in [0.05, 0.1) is 12.4 Å². The van der Waals surface area contributed by atoms with Gasteiger partial charge in [0.15, 0.2) is 11.6 Å². The fourth-order valence-corrected chi connectivity index (χ4v) is 4.94. The molecule has 5 aromatic carbocycles. The van der Waals surface area contributed by atoms with Gasteiger partial charge in [0.2, 0.25) is 0 Å². The van der Waals surface area contributed by atoms with E-state index in [4.69, 9.17) is 1.37 Å². The zero-order chi connectivity index (χ0) is 24.8. The van der Waals surface area contributed by atoms with E-state index in [1.807, 2.05) is 91.0 Å². The number of aromatic nitrogens is 4. The molecule has 36 heavy (non-hydrogen) atoms. The average Bonchev–Trinajstić information content (AvgIpc) is 3.54. The molecule has 0 saturated carbocycles. The molecule has 0 aliphatic heterocycles. The first-order valence-corrected chi connectivity index (χ1v) is 12.0. The minimum absolute atomic E-state index is 0.424. The normalized spacial score (nSPS) is 11.7. The van der Waals surface area contributed by atoms with E-state index in [9.17, 15) is 0 Å². The molecule has 0 spiro atoms. The van der Waals surface area contributed by atoms with E-state index in [0.717, 1.165) is 39.4 Å². The summed E-state index contributed by atoms with van der Waals surface area (Å²) in [4.78, 5) is 0. The van der Waals surface area contributed by atoms with Crippen molar-refractivity contribution in [2.24, 2.45) is 0 Å². The van der Waals surface area contributed by atoms with Crippen molar-refractivity contribution in [3.05, 3.63) is 133 Å². The first-order chi connectivity index (χ1) is 18.3. The van der Waals surface area contributed by atoms with E-state index in [2.05, 4.69) is 55.7 Å². The molecule has 4 nitrogen and oxygen atoms in total. The monoisotopic (exact) mass is 463 g/mol. The van der Waals surface area contributed by atoms with Crippen LogP contribution >= 0.6 is 0 Å². The highest BCUT2D eigenvalue weighted by Gasteiger charge is 2.17. The summed E-state index contributed by atoms with van der Waals surface area (Å²) in [7, 11) is 0. The molecule has 170 valence electrons. The molecule has 0 aliphatic rings. The second kappa shape index (κ2) is 8.36. The topological polar surface area (TPSA) is 35.6 Å². The highest BCUT2D eigenvalue weighted by Crippen LogP contribution is 2.33. The molecule has 0 fully saturated rings. The second-order valence-electron chi connectivity index (χ2n) is 8.72. The summed E-state index contributed by atoms with van der Waals surface area (Å²) < 4.78 is 13.3. The molecule has 0 N–H and O–H groups in total. The Morgan fingerprint density at radius 3 is 1.58 bits per heavy atom. The van der Waals surface area contributed by atoms with Crippen molar-refractivity contribution < 1.29 is 1.37 Å². The quantitative estimate of drug-likeness (QED) is 0.268. The predicted molar refractivity (Wildman–Crippen MR) is 147 cm³/mol. The van der Waals surface area contributed by atoms with Gasteiger partial charge in [-0.1, -0.05) is 84.9 Å². The Morgan fingerprint density at radius 2 is 0.972 bits per heavy atom. The third-order valence-electron chi connectivity index (χ3n) is 6.58. The molecule has 2 heterocycles. The van der Waals surface area contributed by atoms with Crippen molar-refractivity contribution in [1.82, 2.24) is 19.3 Å². The lowest BCUT2D eigenvalue weighted by Crippen LogP contribution is -2.00. The minimum Gasteiger partial charge on any atom is -0.309 e. The molecule has 7 rings (SSSR count). The van der Waals surface area contributed by atoms with Crippen LogP contribution < -0.4 is 0 Å². The number of fused-ring (bicyclic) bond motifs is 3. The molecule has 0 bridgehead atoms. The molecule has 0 amide bonds. The van der Waals surface area contributed by atoms with E-state index in [1.54, 1.807) is 0 Å². The summed E-state index contributed by atoms with van der Waals surface area (Å²) in [5.41, 5.74) is 5.80. The summed E-state index contributed by atoms with van der Waals surface area (Å²) in [6.07, 6.45) is 0. The van der Waals surface area contributed by atoms with Gasteiger partial charge in [0.25, 0.3) is 0 Å². The van der Waals surface area contributed by atoms with Crippen LogP contribution in [0.15, 0.2) is 133 Å². The Hall–Kier alpha value is -4.96. The molecular weight excluding hydrogens is 440 g/mol. The van der Waals surface area contributed by atoms with E-state index in [1.165, 1.54) is 10.8 Å². The van der Waals surface area contributed by atoms with Crippen LogP contribution in [0.2, 0.25) is 0 Å². The Bertz CT molecular complexity index is 1830. The number of nitrogens with zero attached hydrogens (tertiary/aromatic N) is 4. The molecule has 2 aromatic heterocycles. The largest absolute Gasteiger partial charge is 0.309 e. The molecule has 7 aromatic rings. The number of hydrogen-bond acceptors (Lipinski definition) is 2. The van der Waals surface area contributed by atoms with Gasteiger partial charge in [-0.2, -0.15) is 0 Å². The summed E-state index contributed by atoms with van der Waals surface area (Å²) in [5.74, 6) is 1.46. The molecule has 0 unspecified atom stereocenters. The molecule has 0 saturated heterocycles. The second-order valence-corrected chi connectivity index (χ2v) is 8.72. The van der Waals surface area contributed by atoms with E-state index in [-0.39, 0.29) is 0 Å². The van der Waals surface area contributed by atoms with Gasteiger partial charge in [-0.15, -0.1) is 10.2 Å². The Labute approximate surface area is 210 Å². The average molecular weight is 464 g/mol. The highest BCUT2D eigenvalue weighted by atomic mass is 15.3. The van der Waals surface area contributed by atoms with Crippen LogP contribution in [0.4, 0.5) is 0 Å². The maximum Gasteiger partial charge on any atom is 0.168 e. The van der Waals surface area contributed by atoms with Crippen LogP contribution in [0.25, 0.3) is 56.0 Å². The van der Waals surface area contributed by atoms with Gasteiger partial charge in [0.1, 0.15) is 0 Å². The number of benzene rings is 5. The van der Waals surface area contributed by atoms with Crippen LogP contribution in [0.3, 0.4) is 0 Å². The van der Waals surface area contributed by atoms with Crippen LogP contribution in [-0.4, -0.2) is 19.3 Å². The molecule has 0 radical (unpaired) electrons. The molecule has 0 aliphatic carbocycles. The maximum absolute atomic E-state index is 9.06. The zero-order valence-electron chi connectivity index (χ0n) is 20.4. The lowest BCUT2D eigenvalue weighted by atomic mass is 10.1. The third-order valence-corrected chi connectivity index (χ3v) is 6.58. The first kappa shape index (κ1) is 19.4. The fourth-order valence-electron chi connectivity index (χ4n) is 4.94. The van der Waals surface area contributed by atoms with Crippen molar-refractivity contribution in [3.8, 4) is 34.2 Å². The SMILES string of the molecule is [2H]c1cc(-c2nnc(-c3ccccc3)n2-c2ccccc2)ccc1-n1c2ccccc2c2ccccc21. The molecular formula is C32H22N4. The van der Waals surface area contributed by atoms with Crippen molar-refractivity contribution in [3.63, 3.8) is 0 Å². The van der Waals surface area contributed by atoms with Crippen LogP contribution in [-0.2, 0) is 0 Å². The Balaban J connectivity index is 1.42. The summed E-state index contributed by atoms with van der Waals surface area (Å²) in [6, 6.07) is 43.3. The van der Waals surface area contributed by atoms with E-state index >= 15 is 0 Å². The summed E-state index contributed by atoms with van der Waals surface area (Å²) >= 11 is 0. The highest BCUT2D eigenvalue weighted by molar-refractivity contribution is 6.09. The Morgan fingerprint density at radius 1 is 0.444 bits per heavy atom. The van der Waals surface area contributed by atoms with Gasteiger partial charge in [-0.25, -0.2) is 0 Å². The van der Waals surface area contributed by atoms with Gasteiger partial charge in [0, 0.05) is 33.3 Å². The standard InChI is InChI=1S/C32H22N4/c1-3-11-23(12-4-1)31-33-34-32(36(31)25-13-5-2-6-14-25)24-19-21-26(22-20-24)35-29-17-9-7-15-27(29)28-16-8-10-18-30(28)35/h1-22H/i21D. The van der Waals surface area contributed by atoms with Gasteiger partial charge in [-0.3, -0.25) is 4.57 Å². The van der Waals surface area contributed by atoms with Crippen molar-refractivity contribution in [2.45, 2.75) is 0 Å². The lowest BCUT2D eigenvalue weighted by molar-refractivity contribution is 1.07. The number of rotatable bonds is 4. The van der Waals surface area contributed by atoms with Crippen molar-refractivity contribution >= 4 is 21.8 Å². The van der Waals surface area contributed by atoms with E-state index < -0.39 is 0 Å². The number of hydrogen-bond donors (Lipinski definition) is 0. The van der Waals surface area contributed by atoms with Gasteiger partial charge in [-0.05, 0) is 48.5 Å². The van der Waals surface area contributed by atoms with E-state index in [0.29, 0.717) is 11.9 Å². The smallest absolute Gasteiger partial charge is 0.168 e. The van der Waals surface area contributed by atoms with Crippen LogP contribution in [0, 0.1) is 0 Å². The lowest BCUT2D eigenvalue weighted by Gasteiger charge is -2.12. The number of para-hydroxylation sites is 3. The maximum atomic E-state index is 9.06. The molecule has 0 atom stereocenters. The van der Waals surface area contributed by atoms with Crippen molar-refractivity contribution in [2.75, 3.05) is 0 Å². The predicted octanol–water partition coefficient (Wildman–Crippen LogP) is 7.70.